The van der Waals surface area contributed by atoms with Gasteiger partial charge in [-0.2, -0.15) is 5.26 Å². The summed E-state index contributed by atoms with van der Waals surface area (Å²) in [6.45, 7) is 2.40. The summed E-state index contributed by atoms with van der Waals surface area (Å²) in [5.41, 5.74) is 4.54. The maximum Gasteiger partial charge on any atom is 0.219 e. The number of nitrogens with zero attached hydrogens (tertiary/aromatic N) is 2. The minimum absolute atomic E-state index is 0.0886. The molecule has 2 heterocycles. The van der Waals surface area contributed by atoms with E-state index in [2.05, 4.69) is 11.1 Å². The molecule has 0 aliphatic carbocycles. The molecule has 0 spiro atoms. The molecular formula is C23H18N2O3. The van der Waals surface area contributed by atoms with Crippen molar-refractivity contribution in [3.8, 4) is 23.4 Å². The van der Waals surface area contributed by atoms with Gasteiger partial charge in [0.15, 0.2) is 5.78 Å². The molecule has 2 aromatic carbocycles. The number of carbonyl (C=O) groups is 1. The van der Waals surface area contributed by atoms with Gasteiger partial charge in [-0.05, 0) is 60.4 Å². The molecule has 0 bridgehead atoms. The Bertz CT molecular complexity index is 1100. The number of hydrogen-bond donors (Lipinski definition) is 0. The van der Waals surface area contributed by atoms with E-state index >= 15 is 0 Å². The third kappa shape index (κ3) is 3.72. The van der Waals surface area contributed by atoms with E-state index in [1.807, 2.05) is 37.3 Å². The smallest absolute Gasteiger partial charge is 0.219 e. The van der Waals surface area contributed by atoms with Gasteiger partial charge in [-0.15, -0.1) is 0 Å². The Morgan fingerprint density at radius 3 is 2.89 bits per heavy atom. The first-order chi connectivity index (χ1) is 13.6. The van der Waals surface area contributed by atoms with E-state index in [1.54, 1.807) is 24.4 Å². The molecule has 0 saturated carbocycles. The monoisotopic (exact) mass is 370 g/mol. The lowest BCUT2D eigenvalue weighted by atomic mass is 9.99. The van der Waals surface area contributed by atoms with Gasteiger partial charge in [0, 0.05) is 24.8 Å². The number of aryl methyl sites for hydroxylation is 1. The Kier molecular flexibility index (Phi) is 4.77. The largest absolute Gasteiger partial charge is 0.492 e. The normalized spacial score (nSPS) is 12.6. The number of fused-ring (bicyclic) bond motifs is 1. The summed E-state index contributed by atoms with van der Waals surface area (Å²) < 4.78 is 11.4. The summed E-state index contributed by atoms with van der Waals surface area (Å²) in [6, 6.07) is 16.9. The van der Waals surface area contributed by atoms with Crippen molar-refractivity contribution >= 4 is 5.78 Å². The maximum absolute atomic E-state index is 11.9. The highest BCUT2D eigenvalue weighted by Gasteiger charge is 2.19. The summed E-state index contributed by atoms with van der Waals surface area (Å²) in [7, 11) is 0. The fraction of sp³-hybridized carbons (Fsp3) is 0.174. The van der Waals surface area contributed by atoms with Crippen molar-refractivity contribution in [1.29, 1.82) is 5.26 Å². The van der Waals surface area contributed by atoms with Gasteiger partial charge in [0.2, 0.25) is 5.88 Å². The molecule has 138 valence electrons. The zero-order chi connectivity index (χ0) is 19.5. The molecule has 4 rings (SSSR count). The molecule has 1 aliphatic heterocycles. The molecule has 1 aliphatic rings. The van der Waals surface area contributed by atoms with Crippen molar-refractivity contribution in [3.05, 3.63) is 82.5 Å². The van der Waals surface area contributed by atoms with E-state index < -0.39 is 0 Å². The van der Waals surface area contributed by atoms with Crippen LogP contribution in [0.25, 0.3) is 0 Å². The molecule has 0 radical (unpaired) electrons. The highest BCUT2D eigenvalue weighted by Crippen LogP contribution is 2.31. The SMILES string of the molecule is Cc1cc(C#N)ccc1Cc1ccnc(Oc2ccc3c(c2)OCCC3=O)c1. The van der Waals surface area contributed by atoms with Crippen LogP contribution in [0.3, 0.4) is 0 Å². The molecule has 0 fully saturated rings. The van der Waals surface area contributed by atoms with Gasteiger partial charge in [0.1, 0.15) is 11.5 Å². The molecule has 5 heteroatoms. The Morgan fingerprint density at radius 1 is 1.18 bits per heavy atom. The maximum atomic E-state index is 11.9. The predicted octanol–water partition coefficient (Wildman–Crippen LogP) is 4.61. The minimum atomic E-state index is 0.0886. The highest BCUT2D eigenvalue weighted by molar-refractivity contribution is 5.99. The molecule has 0 saturated heterocycles. The lowest BCUT2D eigenvalue weighted by molar-refractivity contribution is 0.0933. The van der Waals surface area contributed by atoms with Gasteiger partial charge >= 0.3 is 0 Å². The van der Waals surface area contributed by atoms with Gasteiger partial charge < -0.3 is 9.47 Å². The number of Topliss-reactive ketones (excluding diaryl/α,β-unsaturated/α-hetero) is 1. The zero-order valence-corrected chi connectivity index (χ0v) is 15.4. The molecule has 0 atom stereocenters. The average molecular weight is 370 g/mol. The van der Waals surface area contributed by atoms with E-state index in [4.69, 9.17) is 14.7 Å². The molecule has 0 unspecified atom stereocenters. The summed E-state index contributed by atoms with van der Waals surface area (Å²) in [4.78, 5) is 16.2. The Hall–Kier alpha value is -3.65. The molecule has 5 nitrogen and oxygen atoms in total. The number of benzene rings is 2. The van der Waals surface area contributed by atoms with Crippen LogP contribution in [0.2, 0.25) is 0 Å². The lowest BCUT2D eigenvalue weighted by Crippen LogP contribution is -2.15. The third-order valence-electron chi connectivity index (χ3n) is 4.73. The first kappa shape index (κ1) is 17.7. The van der Waals surface area contributed by atoms with Crippen molar-refractivity contribution in [2.75, 3.05) is 6.61 Å². The lowest BCUT2D eigenvalue weighted by Gasteiger charge is -2.17. The summed E-state index contributed by atoms with van der Waals surface area (Å²) in [5, 5.41) is 9.01. The van der Waals surface area contributed by atoms with Crippen molar-refractivity contribution < 1.29 is 14.3 Å². The summed E-state index contributed by atoms with van der Waals surface area (Å²) >= 11 is 0. The van der Waals surface area contributed by atoms with Crippen LogP contribution in [-0.2, 0) is 6.42 Å². The standard InChI is InChI=1S/C23H18N2O3/c1-15-10-17(14-24)2-3-18(15)11-16-6-8-25-23(12-16)28-19-4-5-20-21(26)7-9-27-22(20)13-19/h2-6,8,10,12-13H,7,9,11H2,1H3. The number of ketones is 1. The van der Waals surface area contributed by atoms with Crippen molar-refractivity contribution in [3.63, 3.8) is 0 Å². The second-order valence-electron chi connectivity index (χ2n) is 6.71. The van der Waals surface area contributed by atoms with Crippen LogP contribution in [0.4, 0.5) is 0 Å². The average Bonchev–Trinajstić information content (AvgIpc) is 2.70. The van der Waals surface area contributed by atoms with Crippen molar-refractivity contribution in [1.82, 2.24) is 4.98 Å². The first-order valence-corrected chi connectivity index (χ1v) is 9.05. The molecule has 28 heavy (non-hydrogen) atoms. The highest BCUT2D eigenvalue weighted by atomic mass is 16.5. The van der Waals surface area contributed by atoms with E-state index in [1.165, 1.54) is 0 Å². The van der Waals surface area contributed by atoms with Crippen molar-refractivity contribution in [2.24, 2.45) is 0 Å². The minimum Gasteiger partial charge on any atom is -0.492 e. The number of ether oxygens (including phenoxy) is 2. The van der Waals surface area contributed by atoms with Crippen LogP contribution < -0.4 is 9.47 Å². The van der Waals surface area contributed by atoms with Crippen molar-refractivity contribution in [2.45, 2.75) is 19.8 Å². The quantitative estimate of drug-likeness (QED) is 0.670. The van der Waals surface area contributed by atoms with E-state index in [0.717, 1.165) is 23.1 Å². The number of aromatic nitrogens is 1. The van der Waals surface area contributed by atoms with E-state index in [9.17, 15) is 4.79 Å². The number of rotatable bonds is 4. The van der Waals surface area contributed by atoms with Crippen LogP contribution in [0.5, 0.6) is 17.4 Å². The van der Waals surface area contributed by atoms with Gasteiger partial charge in [-0.25, -0.2) is 4.98 Å². The van der Waals surface area contributed by atoms with E-state index in [0.29, 0.717) is 41.5 Å². The molecule has 1 aromatic heterocycles. The second-order valence-corrected chi connectivity index (χ2v) is 6.71. The second kappa shape index (κ2) is 7.53. The molecule has 0 amide bonds. The topological polar surface area (TPSA) is 72.2 Å². The number of hydrogen-bond acceptors (Lipinski definition) is 5. The van der Waals surface area contributed by atoms with Crippen LogP contribution in [0.15, 0.2) is 54.7 Å². The summed E-state index contributed by atoms with van der Waals surface area (Å²) in [5.74, 6) is 1.70. The fourth-order valence-corrected chi connectivity index (χ4v) is 3.22. The molecule has 3 aromatic rings. The Labute approximate surface area is 163 Å². The fourth-order valence-electron chi connectivity index (χ4n) is 3.22. The van der Waals surface area contributed by atoms with Gasteiger partial charge in [-0.1, -0.05) is 6.07 Å². The Morgan fingerprint density at radius 2 is 2.07 bits per heavy atom. The van der Waals surface area contributed by atoms with Crippen LogP contribution in [-0.4, -0.2) is 17.4 Å². The van der Waals surface area contributed by atoms with Gasteiger partial charge in [0.05, 0.1) is 23.8 Å². The zero-order valence-electron chi connectivity index (χ0n) is 15.4. The van der Waals surface area contributed by atoms with Crippen LogP contribution in [0.1, 0.15) is 39.0 Å². The number of nitriles is 1. The van der Waals surface area contributed by atoms with E-state index in [-0.39, 0.29) is 5.78 Å². The third-order valence-corrected chi connectivity index (χ3v) is 4.73. The Balaban J connectivity index is 1.53. The summed E-state index contributed by atoms with van der Waals surface area (Å²) in [6.07, 6.45) is 2.84. The molecule has 0 N–H and O–H groups in total. The van der Waals surface area contributed by atoms with Crippen LogP contribution in [0, 0.1) is 18.3 Å². The number of pyridine rings is 1. The van der Waals surface area contributed by atoms with Crippen LogP contribution >= 0.6 is 0 Å². The number of carbonyl (C=O) groups excluding carboxylic acids is 1. The molecular weight excluding hydrogens is 352 g/mol. The van der Waals surface area contributed by atoms with Gasteiger partial charge in [-0.3, -0.25) is 4.79 Å². The first-order valence-electron chi connectivity index (χ1n) is 9.05. The predicted molar refractivity (Wildman–Crippen MR) is 104 cm³/mol. The van der Waals surface area contributed by atoms with Gasteiger partial charge in [0.25, 0.3) is 0 Å².